The number of thiophene rings is 1. The molecule has 1 N–H and O–H groups in total. The quantitative estimate of drug-likeness (QED) is 0.821. The predicted octanol–water partition coefficient (Wildman–Crippen LogP) is 4.49. The first-order valence-electron chi connectivity index (χ1n) is 4.94. The third-order valence-corrected chi connectivity index (χ3v) is 3.63. The lowest BCUT2D eigenvalue weighted by Crippen LogP contribution is -2.16. The molecule has 0 radical (unpaired) electrons. The second-order valence-electron chi connectivity index (χ2n) is 3.39. The zero-order chi connectivity index (χ0) is 12.3. The van der Waals surface area contributed by atoms with Gasteiger partial charge in [-0.2, -0.15) is 0 Å². The van der Waals surface area contributed by atoms with Crippen molar-refractivity contribution < 1.29 is 4.74 Å². The Morgan fingerprint density at radius 1 is 1.35 bits per heavy atom. The van der Waals surface area contributed by atoms with Gasteiger partial charge in [-0.1, -0.05) is 29.8 Å². The van der Waals surface area contributed by atoms with E-state index in [0.29, 0.717) is 15.3 Å². The Hall–Kier alpha value is -1.10. The molecule has 17 heavy (non-hydrogen) atoms. The minimum atomic E-state index is 0.291. The van der Waals surface area contributed by atoms with Crippen LogP contribution in [0.2, 0.25) is 4.34 Å². The van der Waals surface area contributed by atoms with Gasteiger partial charge in [0.2, 0.25) is 0 Å². The van der Waals surface area contributed by atoms with Gasteiger partial charge in [-0.15, -0.1) is 11.3 Å². The minimum Gasteiger partial charge on any atom is -0.432 e. The molecule has 0 spiro atoms. The number of benzene rings is 1. The molecule has 2 aromatic rings. The fourth-order valence-electron chi connectivity index (χ4n) is 1.28. The van der Waals surface area contributed by atoms with E-state index >= 15 is 0 Å². The number of anilines is 1. The molecule has 0 fully saturated rings. The molecule has 0 atom stereocenters. The number of aryl methyl sites for hydroxylation is 1. The molecule has 88 valence electrons. The van der Waals surface area contributed by atoms with Crippen LogP contribution in [0.4, 0.5) is 5.69 Å². The van der Waals surface area contributed by atoms with E-state index in [1.807, 2.05) is 42.6 Å². The Balaban J connectivity index is 2.03. The third-order valence-electron chi connectivity index (χ3n) is 2.11. The summed E-state index contributed by atoms with van der Waals surface area (Å²) in [6.07, 6.45) is 0. The number of ether oxygens (including phenoxy) is 1. The maximum Gasteiger partial charge on any atom is 0.266 e. The first-order chi connectivity index (χ1) is 8.16. The van der Waals surface area contributed by atoms with E-state index in [2.05, 4.69) is 5.32 Å². The number of hydrogen-bond acceptors (Lipinski definition) is 3. The van der Waals surface area contributed by atoms with Crippen molar-refractivity contribution in [2.24, 2.45) is 0 Å². The summed E-state index contributed by atoms with van der Waals surface area (Å²) in [6.45, 7) is 1.97. The van der Waals surface area contributed by atoms with Crippen molar-refractivity contribution in [2.45, 2.75) is 6.92 Å². The molecule has 0 aliphatic carbocycles. The van der Waals surface area contributed by atoms with Gasteiger partial charge in [0, 0.05) is 0 Å². The van der Waals surface area contributed by atoms with Gasteiger partial charge in [-0.05, 0) is 42.2 Å². The fourth-order valence-corrected chi connectivity index (χ4v) is 2.54. The van der Waals surface area contributed by atoms with Gasteiger partial charge in [0.25, 0.3) is 5.17 Å². The summed E-state index contributed by atoms with van der Waals surface area (Å²) >= 11 is 12.6. The molecular formula is C12H10ClNOS2. The minimum absolute atomic E-state index is 0.291. The van der Waals surface area contributed by atoms with Crippen molar-refractivity contribution >= 4 is 46.0 Å². The Kier molecular flexibility index (Phi) is 3.99. The number of nitrogens with one attached hydrogen (secondary N) is 1. The van der Waals surface area contributed by atoms with E-state index in [1.54, 1.807) is 0 Å². The predicted molar refractivity (Wildman–Crippen MR) is 77.4 cm³/mol. The molecule has 0 bridgehead atoms. The van der Waals surface area contributed by atoms with E-state index in [-0.39, 0.29) is 0 Å². The lowest BCUT2D eigenvalue weighted by atomic mass is 10.3. The fraction of sp³-hybridized carbons (Fsp3) is 0.0833. The average Bonchev–Trinajstić information content (AvgIpc) is 2.62. The topological polar surface area (TPSA) is 21.3 Å². The second kappa shape index (κ2) is 5.49. The third kappa shape index (κ3) is 3.19. The first-order valence-corrected chi connectivity index (χ1v) is 6.61. The number of para-hydroxylation sites is 1. The molecule has 2 nitrogen and oxygen atoms in total. The highest BCUT2D eigenvalue weighted by Crippen LogP contribution is 2.32. The van der Waals surface area contributed by atoms with Crippen molar-refractivity contribution in [3.05, 3.63) is 45.6 Å². The van der Waals surface area contributed by atoms with E-state index in [9.17, 15) is 0 Å². The van der Waals surface area contributed by atoms with Crippen LogP contribution in [0.5, 0.6) is 5.75 Å². The van der Waals surface area contributed by atoms with Crippen LogP contribution >= 0.6 is 35.2 Å². The molecule has 0 aliphatic heterocycles. The van der Waals surface area contributed by atoms with Crippen LogP contribution in [0.15, 0.2) is 35.7 Å². The van der Waals surface area contributed by atoms with Gasteiger partial charge in [-0.25, -0.2) is 0 Å². The molecule has 5 heteroatoms. The maximum atomic E-state index is 6.03. The molecule has 0 aliphatic rings. The molecule has 0 saturated carbocycles. The first kappa shape index (κ1) is 12.4. The maximum absolute atomic E-state index is 6.03. The second-order valence-corrected chi connectivity index (χ2v) is 5.25. The molecule has 0 unspecified atom stereocenters. The molecule has 1 aromatic carbocycles. The molecule has 1 aromatic heterocycles. The Morgan fingerprint density at radius 2 is 2.06 bits per heavy atom. The largest absolute Gasteiger partial charge is 0.432 e. The van der Waals surface area contributed by atoms with Crippen LogP contribution in [0, 0.1) is 6.92 Å². The van der Waals surface area contributed by atoms with E-state index in [4.69, 9.17) is 28.6 Å². The van der Waals surface area contributed by atoms with Crippen molar-refractivity contribution in [2.75, 3.05) is 5.32 Å². The smallest absolute Gasteiger partial charge is 0.266 e. The highest BCUT2D eigenvalue weighted by atomic mass is 35.5. The molecular weight excluding hydrogens is 274 g/mol. The molecule has 2 rings (SSSR count). The normalized spacial score (nSPS) is 10.0. The number of thiocarbonyl (C=S) groups is 1. The zero-order valence-corrected chi connectivity index (χ0v) is 11.5. The summed E-state index contributed by atoms with van der Waals surface area (Å²) in [4.78, 5) is 0. The van der Waals surface area contributed by atoms with Gasteiger partial charge < -0.3 is 10.1 Å². The highest BCUT2D eigenvalue weighted by Gasteiger charge is 2.09. The highest BCUT2D eigenvalue weighted by molar-refractivity contribution is 7.80. The standard InChI is InChI=1S/C12H10ClNOS2/c1-8-7-17-11(13)10(8)14-12(16)15-9-5-3-2-4-6-9/h2-7H,1H3,(H,14,16). The summed E-state index contributed by atoms with van der Waals surface area (Å²) in [7, 11) is 0. The Morgan fingerprint density at radius 3 is 2.65 bits per heavy atom. The van der Waals surface area contributed by atoms with E-state index < -0.39 is 0 Å². The summed E-state index contributed by atoms with van der Waals surface area (Å²) in [5, 5.41) is 5.25. The summed E-state index contributed by atoms with van der Waals surface area (Å²) in [6, 6.07) is 9.39. The van der Waals surface area contributed by atoms with Gasteiger partial charge in [0.05, 0.1) is 5.69 Å². The van der Waals surface area contributed by atoms with Crippen molar-refractivity contribution in [1.29, 1.82) is 0 Å². The summed E-state index contributed by atoms with van der Waals surface area (Å²) < 4.78 is 6.15. The van der Waals surface area contributed by atoms with Crippen molar-refractivity contribution in [3.8, 4) is 5.75 Å². The Labute approximate surface area is 114 Å². The van der Waals surface area contributed by atoms with Crippen LogP contribution in [0.1, 0.15) is 5.56 Å². The average molecular weight is 284 g/mol. The summed E-state index contributed by atoms with van der Waals surface area (Å²) in [5.74, 6) is 0.703. The lowest BCUT2D eigenvalue weighted by molar-refractivity contribution is 0.563. The monoisotopic (exact) mass is 283 g/mol. The number of halogens is 1. The molecule has 0 saturated heterocycles. The summed E-state index contributed by atoms with van der Waals surface area (Å²) in [5.41, 5.74) is 1.87. The van der Waals surface area contributed by atoms with Crippen LogP contribution < -0.4 is 10.1 Å². The van der Waals surface area contributed by atoms with Crippen LogP contribution in [0.25, 0.3) is 0 Å². The lowest BCUT2D eigenvalue weighted by Gasteiger charge is -2.09. The van der Waals surface area contributed by atoms with E-state index in [0.717, 1.165) is 11.3 Å². The van der Waals surface area contributed by atoms with Gasteiger partial charge in [-0.3, -0.25) is 0 Å². The van der Waals surface area contributed by atoms with E-state index in [1.165, 1.54) is 11.3 Å². The van der Waals surface area contributed by atoms with Crippen molar-refractivity contribution in [3.63, 3.8) is 0 Å². The van der Waals surface area contributed by atoms with Gasteiger partial charge >= 0.3 is 0 Å². The Bertz CT molecular complexity index is 505. The van der Waals surface area contributed by atoms with Gasteiger partial charge in [0.15, 0.2) is 0 Å². The van der Waals surface area contributed by atoms with Crippen LogP contribution in [-0.2, 0) is 0 Å². The van der Waals surface area contributed by atoms with Gasteiger partial charge in [0.1, 0.15) is 10.1 Å². The van der Waals surface area contributed by atoms with Crippen LogP contribution in [-0.4, -0.2) is 5.17 Å². The van der Waals surface area contributed by atoms with Crippen molar-refractivity contribution in [1.82, 2.24) is 0 Å². The molecule has 0 amide bonds. The van der Waals surface area contributed by atoms with Crippen LogP contribution in [0.3, 0.4) is 0 Å². The molecule has 1 heterocycles. The number of hydrogen-bond donors (Lipinski definition) is 1. The zero-order valence-electron chi connectivity index (χ0n) is 9.07. The SMILES string of the molecule is Cc1csc(Cl)c1NC(=S)Oc1ccccc1. The number of rotatable bonds is 2.